The summed E-state index contributed by atoms with van der Waals surface area (Å²) in [6.07, 6.45) is 8.72. The van der Waals surface area contributed by atoms with Crippen molar-refractivity contribution in [3.63, 3.8) is 0 Å². The van der Waals surface area contributed by atoms with Gasteiger partial charge in [-0.15, -0.1) is 0 Å². The summed E-state index contributed by atoms with van der Waals surface area (Å²) in [4.78, 5) is 2.55. The molecule has 1 saturated heterocycles. The molecular weight excluding hydrogens is 230 g/mol. The van der Waals surface area contributed by atoms with Crippen LogP contribution in [0.2, 0.25) is 0 Å². The molecule has 1 aliphatic rings. The van der Waals surface area contributed by atoms with Crippen LogP contribution in [0.25, 0.3) is 16.8 Å². The van der Waals surface area contributed by atoms with Gasteiger partial charge in [0.1, 0.15) is 0 Å². The minimum absolute atomic E-state index is 1.09. The Kier molecular flexibility index (Phi) is 3.95. The van der Waals surface area contributed by atoms with E-state index in [0.717, 1.165) is 6.54 Å². The molecule has 0 aromatic heterocycles. The van der Waals surface area contributed by atoms with Gasteiger partial charge in [0, 0.05) is 6.54 Å². The van der Waals surface area contributed by atoms with E-state index in [-0.39, 0.29) is 0 Å². The van der Waals surface area contributed by atoms with E-state index in [0.29, 0.717) is 0 Å². The van der Waals surface area contributed by atoms with Gasteiger partial charge in [-0.25, -0.2) is 0 Å². The predicted molar refractivity (Wildman–Crippen MR) is 83.3 cm³/mol. The lowest BCUT2D eigenvalue weighted by Crippen LogP contribution is -2.29. The first-order valence-electron chi connectivity index (χ1n) is 7.30. The molecule has 98 valence electrons. The van der Waals surface area contributed by atoms with E-state index in [9.17, 15) is 0 Å². The van der Waals surface area contributed by atoms with Crippen molar-refractivity contribution in [2.24, 2.45) is 0 Å². The fourth-order valence-corrected chi connectivity index (χ4v) is 2.87. The second kappa shape index (κ2) is 6.03. The van der Waals surface area contributed by atoms with E-state index in [2.05, 4.69) is 59.5 Å². The van der Waals surface area contributed by atoms with E-state index in [1.165, 1.54) is 48.7 Å². The van der Waals surface area contributed by atoms with Gasteiger partial charge in [-0.2, -0.15) is 0 Å². The SMILES string of the molecule is C(=C\c1cccc2ccccc12)/CN1CCCCC1. The first-order chi connectivity index (χ1) is 9.43. The third-order valence-electron chi connectivity index (χ3n) is 3.93. The third kappa shape index (κ3) is 3.05. The zero-order chi connectivity index (χ0) is 12.9. The number of hydrogen-bond acceptors (Lipinski definition) is 1. The van der Waals surface area contributed by atoms with E-state index >= 15 is 0 Å². The van der Waals surface area contributed by atoms with Crippen molar-refractivity contribution in [1.82, 2.24) is 4.90 Å². The maximum Gasteiger partial charge on any atom is 0.0166 e. The van der Waals surface area contributed by atoms with Gasteiger partial charge in [0.15, 0.2) is 0 Å². The number of fused-ring (bicyclic) bond motifs is 1. The standard InChI is InChI=1S/C18H21N/c1-4-13-19(14-5-1)15-7-11-17-10-6-9-16-8-2-3-12-18(16)17/h2-3,6-12H,1,4-5,13-15H2/b11-7+. The first kappa shape index (κ1) is 12.4. The molecule has 0 amide bonds. The molecule has 0 spiro atoms. The van der Waals surface area contributed by atoms with Crippen LogP contribution in [-0.4, -0.2) is 24.5 Å². The number of nitrogens with zero attached hydrogens (tertiary/aromatic N) is 1. The Labute approximate surface area is 115 Å². The summed E-state index contributed by atoms with van der Waals surface area (Å²) in [5, 5.41) is 2.67. The van der Waals surface area contributed by atoms with Crippen molar-refractivity contribution < 1.29 is 0 Å². The molecule has 0 atom stereocenters. The van der Waals surface area contributed by atoms with Crippen LogP contribution in [0.1, 0.15) is 24.8 Å². The normalized spacial score (nSPS) is 17.3. The van der Waals surface area contributed by atoms with Crippen molar-refractivity contribution in [3.05, 3.63) is 54.1 Å². The fourth-order valence-electron chi connectivity index (χ4n) is 2.87. The average Bonchev–Trinajstić information content (AvgIpc) is 2.49. The summed E-state index contributed by atoms with van der Waals surface area (Å²) in [6, 6.07) is 15.1. The van der Waals surface area contributed by atoms with Gasteiger partial charge in [0.25, 0.3) is 0 Å². The second-order valence-corrected chi connectivity index (χ2v) is 5.33. The molecule has 0 bridgehead atoms. The highest BCUT2D eigenvalue weighted by Crippen LogP contribution is 2.19. The van der Waals surface area contributed by atoms with Gasteiger partial charge in [-0.05, 0) is 42.3 Å². The molecule has 0 aliphatic carbocycles. The van der Waals surface area contributed by atoms with Crippen LogP contribution in [-0.2, 0) is 0 Å². The van der Waals surface area contributed by atoms with Crippen molar-refractivity contribution in [2.45, 2.75) is 19.3 Å². The van der Waals surface area contributed by atoms with Crippen LogP contribution >= 0.6 is 0 Å². The second-order valence-electron chi connectivity index (χ2n) is 5.33. The summed E-state index contributed by atoms with van der Waals surface area (Å²) >= 11 is 0. The van der Waals surface area contributed by atoms with Gasteiger partial charge in [0.05, 0.1) is 0 Å². The zero-order valence-electron chi connectivity index (χ0n) is 11.4. The molecule has 3 rings (SSSR count). The molecule has 0 N–H and O–H groups in total. The van der Waals surface area contributed by atoms with E-state index in [1.807, 2.05) is 0 Å². The Morgan fingerprint density at radius 2 is 1.68 bits per heavy atom. The summed E-state index contributed by atoms with van der Waals surface area (Å²) in [5.41, 5.74) is 1.33. The lowest BCUT2D eigenvalue weighted by molar-refractivity contribution is 0.252. The lowest BCUT2D eigenvalue weighted by Gasteiger charge is -2.24. The highest BCUT2D eigenvalue weighted by atomic mass is 15.1. The van der Waals surface area contributed by atoms with Crippen LogP contribution in [0.4, 0.5) is 0 Å². The number of likely N-dealkylation sites (tertiary alicyclic amines) is 1. The van der Waals surface area contributed by atoms with E-state index < -0.39 is 0 Å². The van der Waals surface area contributed by atoms with Crippen LogP contribution in [0.15, 0.2) is 48.5 Å². The Hall–Kier alpha value is -1.60. The van der Waals surface area contributed by atoms with Crippen LogP contribution in [0.3, 0.4) is 0 Å². The van der Waals surface area contributed by atoms with Gasteiger partial charge in [0.2, 0.25) is 0 Å². The monoisotopic (exact) mass is 251 g/mol. The molecule has 2 aromatic carbocycles. The minimum atomic E-state index is 1.09. The molecule has 1 aliphatic heterocycles. The van der Waals surface area contributed by atoms with Crippen molar-refractivity contribution >= 4 is 16.8 Å². The molecule has 19 heavy (non-hydrogen) atoms. The summed E-state index contributed by atoms with van der Waals surface area (Å²) < 4.78 is 0. The molecule has 1 nitrogen and oxygen atoms in total. The van der Waals surface area contributed by atoms with Crippen molar-refractivity contribution in [1.29, 1.82) is 0 Å². The summed E-state index contributed by atoms with van der Waals surface area (Å²) in [5.74, 6) is 0. The van der Waals surface area contributed by atoms with Crippen LogP contribution in [0, 0.1) is 0 Å². The van der Waals surface area contributed by atoms with Crippen molar-refractivity contribution in [2.75, 3.05) is 19.6 Å². The highest BCUT2D eigenvalue weighted by molar-refractivity contribution is 5.90. The molecular formula is C18H21N. The van der Waals surface area contributed by atoms with E-state index in [1.54, 1.807) is 0 Å². The predicted octanol–water partition coefficient (Wildman–Crippen LogP) is 4.34. The summed E-state index contributed by atoms with van der Waals surface area (Å²) in [6.45, 7) is 3.61. The third-order valence-corrected chi connectivity index (χ3v) is 3.93. The van der Waals surface area contributed by atoms with Crippen LogP contribution in [0.5, 0.6) is 0 Å². The molecule has 1 heteroatoms. The van der Waals surface area contributed by atoms with Crippen molar-refractivity contribution in [3.8, 4) is 0 Å². The summed E-state index contributed by atoms with van der Waals surface area (Å²) in [7, 11) is 0. The molecule has 1 heterocycles. The zero-order valence-corrected chi connectivity index (χ0v) is 11.4. The number of rotatable bonds is 3. The highest BCUT2D eigenvalue weighted by Gasteiger charge is 2.07. The maximum absolute atomic E-state index is 2.55. The molecule has 0 radical (unpaired) electrons. The Morgan fingerprint density at radius 3 is 2.58 bits per heavy atom. The smallest absolute Gasteiger partial charge is 0.0166 e. The Bertz CT molecular complexity index is 559. The molecule has 0 unspecified atom stereocenters. The minimum Gasteiger partial charge on any atom is -0.300 e. The van der Waals surface area contributed by atoms with Gasteiger partial charge in [-0.3, -0.25) is 4.90 Å². The average molecular weight is 251 g/mol. The lowest BCUT2D eigenvalue weighted by atomic mass is 10.0. The quantitative estimate of drug-likeness (QED) is 0.784. The number of hydrogen-bond donors (Lipinski definition) is 0. The topological polar surface area (TPSA) is 3.24 Å². The largest absolute Gasteiger partial charge is 0.300 e. The molecule has 0 saturated carbocycles. The van der Waals surface area contributed by atoms with Gasteiger partial charge < -0.3 is 0 Å². The van der Waals surface area contributed by atoms with E-state index in [4.69, 9.17) is 0 Å². The Morgan fingerprint density at radius 1 is 0.895 bits per heavy atom. The first-order valence-corrected chi connectivity index (χ1v) is 7.30. The molecule has 1 fully saturated rings. The maximum atomic E-state index is 2.55. The fraction of sp³-hybridized carbons (Fsp3) is 0.333. The van der Waals surface area contributed by atoms with Gasteiger partial charge >= 0.3 is 0 Å². The van der Waals surface area contributed by atoms with Gasteiger partial charge in [-0.1, -0.05) is 61.0 Å². The Balaban J connectivity index is 1.73. The van der Waals surface area contributed by atoms with Crippen LogP contribution < -0.4 is 0 Å². The number of benzene rings is 2. The number of piperidine rings is 1. The molecule has 2 aromatic rings.